The van der Waals surface area contributed by atoms with Crippen LogP contribution >= 0.6 is 0 Å². The van der Waals surface area contributed by atoms with E-state index in [0.717, 1.165) is 5.69 Å². The first-order valence-corrected chi connectivity index (χ1v) is 3.94. The Bertz CT molecular complexity index is 356. The van der Waals surface area contributed by atoms with Gasteiger partial charge in [-0.25, -0.2) is 9.48 Å². The van der Waals surface area contributed by atoms with E-state index in [2.05, 4.69) is 5.10 Å². The third-order valence-corrected chi connectivity index (χ3v) is 1.95. The van der Waals surface area contributed by atoms with Crippen LogP contribution in [0.3, 0.4) is 0 Å². The first-order valence-electron chi connectivity index (χ1n) is 3.94. The molecule has 0 saturated heterocycles. The molecule has 1 N–H and O–H groups in total. The lowest BCUT2D eigenvalue weighted by atomic mass is 10.4. The van der Waals surface area contributed by atoms with Crippen molar-refractivity contribution < 1.29 is 9.90 Å². The van der Waals surface area contributed by atoms with Crippen LogP contribution < -0.4 is 0 Å². The van der Waals surface area contributed by atoms with Crippen molar-refractivity contribution in [2.75, 3.05) is 6.54 Å². The normalized spacial score (nSPS) is 15.2. The molecule has 5 heteroatoms. The van der Waals surface area contributed by atoms with Gasteiger partial charge >= 0.3 is 6.09 Å². The molecular weight excluding hydrogens is 170 g/mol. The predicted molar refractivity (Wildman–Crippen MR) is 46.0 cm³/mol. The van der Waals surface area contributed by atoms with Crippen molar-refractivity contribution >= 4 is 12.3 Å². The van der Waals surface area contributed by atoms with Gasteiger partial charge in [-0.15, -0.1) is 0 Å². The molecule has 1 aromatic rings. The number of hydrogen-bond donors (Lipinski definition) is 1. The van der Waals surface area contributed by atoms with Gasteiger partial charge in [-0.1, -0.05) is 0 Å². The zero-order chi connectivity index (χ0) is 9.26. The summed E-state index contributed by atoms with van der Waals surface area (Å²) >= 11 is 0. The molecule has 0 radical (unpaired) electrons. The zero-order valence-corrected chi connectivity index (χ0v) is 6.92. The van der Waals surface area contributed by atoms with E-state index >= 15 is 0 Å². The lowest BCUT2D eigenvalue weighted by molar-refractivity contribution is 0.147. The van der Waals surface area contributed by atoms with Crippen LogP contribution in [-0.4, -0.2) is 32.4 Å². The maximum atomic E-state index is 10.7. The fourth-order valence-electron chi connectivity index (χ4n) is 1.28. The van der Waals surface area contributed by atoms with Crippen molar-refractivity contribution in [1.29, 1.82) is 0 Å². The topological polar surface area (TPSA) is 58.4 Å². The Morgan fingerprint density at radius 3 is 3.23 bits per heavy atom. The third kappa shape index (κ3) is 1.40. The van der Waals surface area contributed by atoms with Gasteiger partial charge in [0.15, 0.2) is 0 Å². The number of fused-ring (bicyclic) bond motifs is 1. The highest BCUT2D eigenvalue weighted by Crippen LogP contribution is 2.08. The Hall–Kier alpha value is -1.78. The van der Waals surface area contributed by atoms with Crippen molar-refractivity contribution in [2.45, 2.75) is 6.54 Å². The fraction of sp³-hybridized carbons (Fsp3) is 0.250. The van der Waals surface area contributed by atoms with Gasteiger partial charge in [0.1, 0.15) is 0 Å². The molecule has 0 atom stereocenters. The van der Waals surface area contributed by atoms with E-state index in [-0.39, 0.29) is 0 Å². The standard InChI is InChI=1S/C8H9N3O2/c12-8(13)10-4-1-5-11-7(6-10)2-3-9-11/h1-3,5H,4,6H2,(H,12,13). The van der Waals surface area contributed by atoms with E-state index in [1.54, 1.807) is 23.2 Å². The van der Waals surface area contributed by atoms with Gasteiger partial charge in [-0.05, 0) is 12.1 Å². The molecule has 68 valence electrons. The highest BCUT2D eigenvalue weighted by molar-refractivity contribution is 5.65. The Kier molecular flexibility index (Phi) is 1.77. The van der Waals surface area contributed by atoms with E-state index in [1.807, 2.05) is 6.07 Å². The quantitative estimate of drug-likeness (QED) is 0.642. The van der Waals surface area contributed by atoms with Gasteiger partial charge in [-0.2, -0.15) is 5.10 Å². The summed E-state index contributed by atoms with van der Waals surface area (Å²) in [6, 6.07) is 1.81. The first kappa shape index (κ1) is 7.85. The molecule has 2 rings (SSSR count). The summed E-state index contributed by atoms with van der Waals surface area (Å²) in [7, 11) is 0. The van der Waals surface area contributed by atoms with Crippen molar-refractivity contribution in [3.63, 3.8) is 0 Å². The third-order valence-electron chi connectivity index (χ3n) is 1.95. The second kappa shape index (κ2) is 2.93. The smallest absolute Gasteiger partial charge is 0.407 e. The minimum absolute atomic E-state index is 0.391. The van der Waals surface area contributed by atoms with Crippen LogP contribution in [0.15, 0.2) is 18.3 Å². The average Bonchev–Trinajstić information content (AvgIpc) is 2.42. The Balaban J connectivity index is 2.29. The van der Waals surface area contributed by atoms with Crippen molar-refractivity contribution in [1.82, 2.24) is 14.7 Å². The highest BCUT2D eigenvalue weighted by atomic mass is 16.4. The lowest BCUT2D eigenvalue weighted by Crippen LogP contribution is -2.28. The summed E-state index contributed by atoms with van der Waals surface area (Å²) < 4.78 is 1.68. The number of amides is 1. The number of nitrogens with zero attached hydrogens (tertiary/aromatic N) is 3. The second-order valence-corrected chi connectivity index (χ2v) is 2.81. The summed E-state index contributed by atoms with van der Waals surface area (Å²) in [6.07, 6.45) is 4.31. The number of carbonyl (C=O) groups is 1. The number of hydrogen-bond acceptors (Lipinski definition) is 2. The molecule has 0 fully saturated rings. The molecule has 0 aliphatic carbocycles. The van der Waals surface area contributed by atoms with Gasteiger partial charge in [0.25, 0.3) is 0 Å². The largest absolute Gasteiger partial charge is 0.465 e. The SMILES string of the molecule is O=C(O)N1CC=Cn2nccc2C1. The summed E-state index contributed by atoms with van der Waals surface area (Å²) in [5.74, 6) is 0. The molecule has 0 aromatic carbocycles. The summed E-state index contributed by atoms with van der Waals surface area (Å²) in [4.78, 5) is 12.0. The van der Waals surface area contributed by atoms with Gasteiger partial charge in [-0.3, -0.25) is 4.90 Å². The summed E-state index contributed by atoms with van der Waals surface area (Å²) in [5.41, 5.74) is 0.885. The molecule has 0 spiro atoms. The average molecular weight is 179 g/mol. The van der Waals surface area contributed by atoms with Crippen LogP contribution in [0.1, 0.15) is 5.69 Å². The fourth-order valence-corrected chi connectivity index (χ4v) is 1.28. The van der Waals surface area contributed by atoms with E-state index < -0.39 is 6.09 Å². The van der Waals surface area contributed by atoms with Crippen LogP contribution in [0, 0.1) is 0 Å². The molecule has 1 aliphatic heterocycles. The number of carboxylic acid groups (broad SMARTS) is 1. The number of aromatic nitrogens is 2. The minimum Gasteiger partial charge on any atom is -0.465 e. The van der Waals surface area contributed by atoms with Crippen LogP contribution in [-0.2, 0) is 6.54 Å². The van der Waals surface area contributed by atoms with Gasteiger partial charge in [0.2, 0.25) is 0 Å². The van der Waals surface area contributed by atoms with Crippen LogP contribution in [0.2, 0.25) is 0 Å². The molecule has 5 nitrogen and oxygen atoms in total. The van der Waals surface area contributed by atoms with Crippen LogP contribution in [0.25, 0.3) is 6.20 Å². The zero-order valence-electron chi connectivity index (χ0n) is 6.92. The predicted octanol–water partition coefficient (Wildman–Crippen LogP) is 0.847. The Morgan fingerprint density at radius 1 is 1.62 bits per heavy atom. The maximum Gasteiger partial charge on any atom is 0.407 e. The maximum absolute atomic E-state index is 10.7. The Labute approximate surface area is 74.9 Å². The van der Waals surface area contributed by atoms with Gasteiger partial charge in [0, 0.05) is 18.9 Å². The first-order chi connectivity index (χ1) is 6.27. The van der Waals surface area contributed by atoms with E-state index in [1.165, 1.54) is 4.90 Å². The van der Waals surface area contributed by atoms with E-state index in [4.69, 9.17) is 5.11 Å². The summed E-state index contributed by atoms with van der Waals surface area (Å²) in [5, 5.41) is 12.8. The van der Waals surface area contributed by atoms with Crippen LogP contribution in [0.4, 0.5) is 4.79 Å². The Morgan fingerprint density at radius 2 is 2.46 bits per heavy atom. The minimum atomic E-state index is -0.903. The van der Waals surface area contributed by atoms with Gasteiger partial charge in [0.05, 0.1) is 12.2 Å². The molecule has 1 aromatic heterocycles. The van der Waals surface area contributed by atoms with Crippen molar-refractivity contribution in [2.24, 2.45) is 0 Å². The summed E-state index contributed by atoms with van der Waals surface area (Å²) in [6.45, 7) is 0.807. The molecule has 0 saturated carbocycles. The molecule has 2 heterocycles. The van der Waals surface area contributed by atoms with Gasteiger partial charge < -0.3 is 5.11 Å². The number of rotatable bonds is 0. The monoisotopic (exact) mass is 179 g/mol. The van der Waals surface area contributed by atoms with Crippen molar-refractivity contribution in [3.05, 3.63) is 24.0 Å². The molecule has 1 aliphatic rings. The molecular formula is C8H9N3O2. The molecule has 1 amide bonds. The van der Waals surface area contributed by atoms with Crippen LogP contribution in [0.5, 0.6) is 0 Å². The van der Waals surface area contributed by atoms with Crippen molar-refractivity contribution in [3.8, 4) is 0 Å². The van der Waals surface area contributed by atoms with E-state index in [9.17, 15) is 4.79 Å². The molecule has 13 heavy (non-hydrogen) atoms. The highest BCUT2D eigenvalue weighted by Gasteiger charge is 2.14. The molecule has 0 unspecified atom stereocenters. The van der Waals surface area contributed by atoms with E-state index in [0.29, 0.717) is 13.1 Å². The lowest BCUT2D eigenvalue weighted by Gasteiger charge is -2.14. The second-order valence-electron chi connectivity index (χ2n) is 2.81. The molecule has 0 bridgehead atoms.